The minimum Gasteiger partial charge on any atom is -0.598 e. The fourth-order valence-corrected chi connectivity index (χ4v) is 5.91. The number of para-hydroxylation sites is 1. The first-order valence-corrected chi connectivity index (χ1v) is 12.0. The molecule has 7 heteroatoms. The van der Waals surface area contributed by atoms with Crippen molar-refractivity contribution < 1.29 is 18.8 Å². The molecule has 0 aliphatic carbocycles. The highest BCUT2D eigenvalue weighted by Gasteiger charge is 2.60. The van der Waals surface area contributed by atoms with Crippen molar-refractivity contribution >= 4 is 17.5 Å². The molecule has 3 aliphatic rings. The minimum atomic E-state index is -1.23. The van der Waals surface area contributed by atoms with Crippen LogP contribution in [0.15, 0.2) is 24.3 Å². The normalized spacial score (nSPS) is 31.4. The first-order chi connectivity index (χ1) is 13.9. The number of carbonyl (C=O) groups excluding carboxylic acids is 1. The molecule has 30 heavy (non-hydrogen) atoms. The third kappa shape index (κ3) is 3.92. The van der Waals surface area contributed by atoms with E-state index in [1.807, 2.05) is 64.6 Å². The Morgan fingerprint density at radius 3 is 2.33 bits per heavy atom. The minimum absolute atomic E-state index is 0.0697. The summed E-state index contributed by atoms with van der Waals surface area (Å²) in [4.78, 5) is 14.8. The molecule has 0 aromatic heterocycles. The summed E-state index contributed by atoms with van der Waals surface area (Å²) in [6.45, 7) is 11.6. The van der Waals surface area contributed by atoms with E-state index in [9.17, 15) is 9.35 Å². The molecular weight excluding hydrogens is 400 g/mol. The van der Waals surface area contributed by atoms with Crippen molar-refractivity contribution in [1.29, 1.82) is 0 Å². The quantitative estimate of drug-likeness (QED) is 0.695. The number of rotatable bonds is 2. The molecule has 2 saturated heterocycles. The molecule has 166 valence electrons. The topological polar surface area (TPSA) is 73.9 Å². The highest BCUT2D eigenvalue weighted by atomic mass is 32.2. The van der Waals surface area contributed by atoms with E-state index in [1.54, 1.807) is 0 Å². The molecule has 1 amide bonds. The second kappa shape index (κ2) is 7.31. The summed E-state index contributed by atoms with van der Waals surface area (Å²) in [6.07, 6.45) is 3.07. The van der Waals surface area contributed by atoms with Crippen LogP contribution in [-0.4, -0.2) is 43.6 Å². The van der Waals surface area contributed by atoms with Crippen LogP contribution < -0.4 is 9.46 Å². The van der Waals surface area contributed by atoms with Crippen molar-refractivity contribution in [2.75, 3.05) is 0 Å². The van der Waals surface area contributed by atoms with Gasteiger partial charge in [-0.1, -0.05) is 18.2 Å². The zero-order valence-corrected chi connectivity index (χ0v) is 19.7. The summed E-state index contributed by atoms with van der Waals surface area (Å²) in [5.74, 6) is 0.853. The summed E-state index contributed by atoms with van der Waals surface area (Å²) >= 11 is -1.23. The Balaban J connectivity index is 1.62. The Labute approximate surface area is 183 Å². The predicted molar refractivity (Wildman–Crippen MR) is 118 cm³/mol. The van der Waals surface area contributed by atoms with Gasteiger partial charge in [0.25, 0.3) is 0 Å². The van der Waals surface area contributed by atoms with Gasteiger partial charge in [0.05, 0.1) is 0 Å². The fourth-order valence-electron chi connectivity index (χ4n) is 5.00. The summed E-state index contributed by atoms with van der Waals surface area (Å²) in [5.41, 5.74) is 0.0363. The van der Waals surface area contributed by atoms with Gasteiger partial charge in [-0.2, -0.15) is 0 Å². The number of ether oxygens (including phenoxy) is 2. The predicted octanol–water partition coefficient (Wildman–Crippen LogP) is 4.47. The monoisotopic (exact) mass is 434 g/mol. The molecule has 1 N–H and O–H groups in total. The Kier molecular flexibility index (Phi) is 5.31. The zero-order chi connectivity index (χ0) is 21.9. The molecule has 2 unspecified atom stereocenters. The summed E-state index contributed by atoms with van der Waals surface area (Å²) in [5, 5.41) is 0. The van der Waals surface area contributed by atoms with Gasteiger partial charge in [0.2, 0.25) is 0 Å². The van der Waals surface area contributed by atoms with Crippen molar-refractivity contribution in [2.45, 2.75) is 101 Å². The van der Waals surface area contributed by atoms with Crippen molar-refractivity contribution in [3.05, 3.63) is 29.8 Å². The second-order valence-corrected chi connectivity index (χ2v) is 12.8. The highest BCUT2D eigenvalue weighted by Crippen LogP contribution is 2.54. The average molecular weight is 435 g/mol. The lowest BCUT2D eigenvalue weighted by Gasteiger charge is -2.46. The van der Waals surface area contributed by atoms with E-state index in [2.05, 4.69) is 10.8 Å². The first kappa shape index (κ1) is 21.8. The standard InChI is InChI=1S/C23H34N2O4S/c1-21(2,3)29-20(26)25-15-11-12-16(25)14-23(13-15)19(24-30(27)22(4,5)6)17-9-7-8-10-18(17)28-23/h7-10,15-16,19,24H,11-14H2,1-6H3/t15-,16+,19-,23?,30?/m1/s1. The van der Waals surface area contributed by atoms with Gasteiger partial charge >= 0.3 is 6.09 Å². The third-order valence-electron chi connectivity index (χ3n) is 6.24. The molecule has 0 radical (unpaired) electrons. The van der Waals surface area contributed by atoms with Crippen molar-refractivity contribution in [3.8, 4) is 5.75 Å². The number of fused-ring (bicyclic) bond motifs is 3. The molecule has 1 aromatic rings. The maximum absolute atomic E-state index is 13.0. The van der Waals surface area contributed by atoms with Gasteiger partial charge in [0, 0.05) is 41.9 Å². The van der Waals surface area contributed by atoms with E-state index in [1.165, 1.54) is 0 Å². The number of hydrogen-bond donors (Lipinski definition) is 1. The first-order valence-electron chi connectivity index (χ1n) is 10.9. The van der Waals surface area contributed by atoms with E-state index in [4.69, 9.17) is 9.47 Å². The number of amides is 1. The van der Waals surface area contributed by atoms with Crippen LogP contribution in [0.4, 0.5) is 4.79 Å². The average Bonchev–Trinajstić information content (AvgIpc) is 3.05. The molecule has 3 aliphatic heterocycles. The van der Waals surface area contributed by atoms with Crippen LogP contribution in [0.2, 0.25) is 0 Å². The Morgan fingerprint density at radius 2 is 1.77 bits per heavy atom. The molecule has 4 rings (SSSR count). The fraction of sp³-hybridized carbons (Fsp3) is 0.696. The van der Waals surface area contributed by atoms with Gasteiger partial charge in [-0.25, -0.2) is 4.79 Å². The lowest BCUT2D eigenvalue weighted by Crippen LogP contribution is -2.60. The maximum atomic E-state index is 13.0. The summed E-state index contributed by atoms with van der Waals surface area (Å²) in [6, 6.07) is 7.99. The Hall–Kier alpha value is -1.44. The van der Waals surface area contributed by atoms with E-state index in [0.29, 0.717) is 12.8 Å². The van der Waals surface area contributed by atoms with Crippen LogP contribution in [0.3, 0.4) is 0 Å². The second-order valence-electron chi connectivity index (χ2n) is 10.8. The van der Waals surface area contributed by atoms with Crippen molar-refractivity contribution in [2.24, 2.45) is 0 Å². The van der Waals surface area contributed by atoms with Crippen LogP contribution >= 0.6 is 0 Å². The zero-order valence-electron chi connectivity index (χ0n) is 18.9. The molecule has 3 heterocycles. The van der Waals surface area contributed by atoms with Crippen LogP contribution in [0.25, 0.3) is 0 Å². The Bertz CT molecular complexity index is 802. The third-order valence-corrected chi connectivity index (χ3v) is 7.80. The van der Waals surface area contributed by atoms with Crippen LogP contribution in [-0.2, 0) is 16.1 Å². The van der Waals surface area contributed by atoms with Gasteiger partial charge in [-0.15, -0.1) is 4.72 Å². The maximum Gasteiger partial charge on any atom is 0.410 e. The SMILES string of the molecule is CC(C)(C)OC(=O)N1[C@@H]2CC[C@H]1CC1(C2)Oc2ccccc2[C@H]1N[S+]([O-])C(C)(C)C. The van der Waals surface area contributed by atoms with E-state index < -0.39 is 22.6 Å². The number of piperidine rings is 1. The molecule has 1 aromatic carbocycles. The molecule has 1 spiro atoms. The molecule has 0 saturated carbocycles. The smallest absolute Gasteiger partial charge is 0.410 e. The Morgan fingerprint density at radius 1 is 1.17 bits per heavy atom. The molecule has 6 nitrogen and oxygen atoms in total. The van der Waals surface area contributed by atoms with Gasteiger partial charge in [0.1, 0.15) is 27.7 Å². The number of benzene rings is 1. The molecule has 5 atom stereocenters. The summed E-state index contributed by atoms with van der Waals surface area (Å²) in [7, 11) is 0. The lowest BCUT2D eigenvalue weighted by atomic mass is 9.79. The summed E-state index contributed by atoms with van der Waals surface area (Å²) < 4.78 is 28.3. The lowest BCUT2D eigenvalue weighted by molar-refractivity contribution is -0.0473. The number of nitrogens with one attached hydrogen (secondary N) is 1. The molecule has 2 fully saturated rings. The van der Waals surface area contributed by atoms with Crippen LogP contribution in [0.1, 0.15) is 78.8 Å². The van der Waals surface area contributed by atoms with E-state index in [0.717, 1.165) is 24.2 Å². The largest absolute Gasteiger partial charge is 0.598 e. The number of carbonyl (C=O) groups is 1. The number of nitrogens with zero attached hydrogens (tertiary/aromatic N) is 1. The van der Waals surface area contributed by atoms with Crippen molar-refractivity contribution in [3.63, 3.8) is 0 Å². The van der Waals surface area contributed by atoms with Crippen molar-refractivity contribution in [1.82, 2.24) is 9.62 Å². The molecule has 2 bridgehead atoms. The van der Waals surface area contributed by atoms with E-state index >= 15 is 0 Å². The van der Waals surface area contributed by atoms with Gasteiger partial charge < -0.3 is 18.9 Å². The number of hydrogen-bond acceptors (Lipinski definition) is 5. The van der Waals surface area contributed by atoms with Gasteiger partial charge in [0.15, 0.2) is 0 Å². The van der Waals surface area contributed by atoms with Gasteiger partial charge in [-0.05, 0) is 60.5 Å². The van der Waals surface area contributed by atoms with Crippen LogP contribution in [0, 0.1) is 0 Å². The van der Waals surface area contributed by atoms with Crippen LogP contribution in [0.5, 0.6) is 5.75 Å². The molecular formula is C23H34N2O4S. The van der Waals surface area contributed by atoms with E-state index in [-0.39, 0.29) is 29.0 Å². The van der Waals surface area contributed by atoms with Gasteiger partial charge in [-0.3, -0.25) is 0 Å². The highest BCUT2D eigenvalue weighted by molar-refractivity contribution is 7.90.